The minimum atomic E-state index is -0.753. The van der Waals surface area contributed by atoms with Crippen LogP contribution in [0.25, 0.3) is 0 Å². The highest BCUT2D eigenvalue weighted by atomic mass is 32.2. The topological polar surface area (TPSA) is 49.3 Å². The fraction of sp³-hybridized carbons (Fsp3) is 0.462. The summed E-state index contributed by atoms with van der Waals surface area (Å²) in [7, 11) is 1.91. The zero-order valence-electron chi connectivity index (χ0n) is 10.5. The summed E-state index contributed by atoms with van der Waals surface area (Å²) in [5, 5.41) is 12.1. The summed E-state index contributed by atoms with van der Waals surface area (Å²) in [6.07, 6.45) is 0. The Morgan fingerprint density at radius 3 is 2.41 bits per heavy atom. The molecule has 94 valence electrons. The standard InChI is InChI=1S/C13H19NO2S/c1-13(2,12(15)16)9-17-11-6-4-10(5-7-11)8-14-3/h4-7,14H,8-9H2,1-3H3,(H,15,16). The maximum absolute atomic E-state index is 11.0. The number of hydrogen-bond acceptors (Lipinski definition) is 3. The van der Waals surface area contributed by atoms with Crippen molar-refractivity contribution in [1.82, 2.24) is 5.32 Å². The van der Waals surface area contributed by atoms with Crippen molar-refractivity contribution in [3.05, 3.63) is 29.8 Å². The van der Waals surface area contributed by atoms with Gasteiger partial charge in [-0.3, -0.25) is 4.79 Å². The average Bonchev–Trinajstić information content (AvgIpc) is 2.28. The third-order valence-electron chi connectivity index (χ3n) is 2.48. The molecule has 4 heteroatoms. The van der Waals surface area contributed by atoms with Crippen LogP contribution in [0.4, 0.5) is 0 Å². The van der Waals surface area contributed by atoms with Gasteiger partial charge < -0.3 is 10.4 Å². The average molecular weight is 253 g/mol. The highest BCUT2D eigenvalue weighted by Gasteiger charge is 2.26. The van der Waals surface area contributed by atoms with Gasteiger partial charge in [-0.05, 0) is 38.6 Å². The van der Waals surface area contributed by atoms with Gasteiger partial charge in [0, 0.05) is 17.2 Å². The Bertz CT molecular complexity index is 374. The molecule has 0 aliphatic carbocycles. The van der Waals surface area contributed by atoms with E-state index < -0.39 is 11.4 Å². The molecule has 1 aromatic carbocycles. The maximum atomic E-state index is 11.0. The van der Waals surface area contributed by atoms with E-state index in [4.69, 9.17) is 5.11 Å². The van der Waals surface area contributed by atoms with Crippen molar-refractivity contribution in [2.45, 2.75) is 25.3 Å². The minimum Gasteiger partial charge on any atom is -0.481 e. The van der Waals surface area contributed by atoms with Crippen molar-refractivity contribution in [3.63, 3.8) is 0 Å². The van der Waals surface area contributed by atoms with E-state index in [1.54, 1.807) is 25.6 Å². The van der Waals surface area contributed by atoms with Crippen LogP contribution in [0, 0.1) is 5.41 Å². The molecule has 0 heterocycles. The van der Waals surface area contributed by atoms with Crippen molar-refractivity contribution in [2.24, 2.45) is 5.41 Å². The second kappa shape index (κ2) is 6.07. The molecule has 2 N–H and O–H groups in total. The van der Waals surface area contributed by atoms with E-state index in [1.807, 2.05) is 19.2 Å². The fourth-order valence-corrected chi connectivity index (χ4v) is 2.21. The highest BCUT2D eigenvalue weighted by molar-refractivity contribution is 7.99. The minimum absolute atomic E-state index is 0.577. The molecule has 0 aliphatic heterocycles. The summed E-state index contributed by atoms with van der Waals surface area (Å²) < 4.78 is 0. The first-order valence-electron chi connectivity index (χ1n) is 5.55. The Balaban J connectivity index is 2.55. The molecule has 1 aromatic rings. The third-order valence-corrected chi connectivity index (χ3v) is 3.95. The van der Waals surface area contributed by atoms with E-state index in [-0.39, 0.29) is 0 Å². The molecule has 0 atom stereocenters. The third kappa shape index (κ3) is 4.40. The molecule has 3 nitrogen and oxygen atoms in total. The molecule has 0 fully saturated rings. The molecule has 17 heavy (non-hydrogen) atoms. The van der Waals surface area contributed by atoms with Crippen LogP contribution in [-0.4, -0.2) is 23.9 Å². The molecule has 0 saturated carbocycles. The van der Waals surface area contributed by atoms with E-state index in [0.29, 0.717) is 5.75 Å². The number of carbonyl (C=O) groups is 1. The van der Waals surface area contributed by atoms with Crippen LogP contribution in [0.3, 0.4) is 0 Å². The Morgan fingerprint density at radius 1 is 1.35 bits per heavy atom. The number of carboxylic acid groups (broad SMARTS) is 1. The molecule has 0 amide bonds. The Kier molecular flexibility index (Phi) is 5.02. The lowest BCUT2D eigenvalue weighted by atomic mass is 9.97. The number of rotatable bonds is 6. The SMILES string of the molecule is CNCc1ccc(SCC(C)(C)C(=O)O)cc1. The Hall–Kier alpha value is -1.00. The van der Waals surface area contributed by atoms with Gasteiger partial charge in [0.1, 0.15) is 0 Å². The smallest absolute Gasteiger partial charge is 0.309 e. The lowest BCUT2D eigenvalue weighted by molar-refractivity contribution is -0.145. The predicted octanol–water partition coefficient (Wildman–Crippen LogP) is 2.61. The first-order chi connectivity index (χ1) is 7.95. The highest BCUT2D eigenvalue weighted by Crippen LogP contribution is 2.27. The second-order valence-electron chi connectivity index (χ2n) is 4.65. The molecule has 0 bridgehead atoms. The number of carboxylic acids is 1. The van der Waals surface area contributed by atoms with Crippen molar-refractivity contribution in [2.75, 3.05) is 12.8 Å². The molecule has 1 rings (SSSR count). The summed E-state index contributed by atoms with van der Waals surface area (Å²) in [5.41, 5.74) is 0.545. The maximum Gasteiger partial charge on any atom is 0.309 e. The summed E-state index contributed by atoms with van der Waals surface area (Å²) in [6.45, 7) is 4.35. The van der Waals surface area contributed by atoms with Crippen LogP contribution in [-0.2, 0) is 11.3 Å². The summed E-state index contributed by atoms with van der Waals surface area (Å²) in [5.74, 6) is -0.176. The molecule has 0 unspecified atom stereocenters. The van der Waals surface area contributed by atoms with Gasteiger partial charge in [-0.2, -0.15) is 0 Å². The van der Waals surface area contributed by atoms with Gasteiger partial charge in [-0.25, -0.2) is 0 Å². The lowest BCUT2D eigenvalue weighted by Gasteiger charge is -2.18. The van der Waals surface area contributed by atoms with Gasteiger partial charge in [-0.1, -0.05) is 12.1 Å². The largest absolute Gasteiger partial charge is 0.481 e. The molecule has 0 aliphatic rings. The van der Waals surface area contributed by atoms with E-state index in [1.165, 1.54) is 5.56 Å². The normalized spacial score (nSPS) is 11.5. The first kappa shape index (κ1) is 14.1. The van der Waals surface area contributed by atoms with Crippen LogP contribution in [0.2, 0.25) is 0 Å². The Morgan fingerprint density at radius 2 is 1.94 bits per heavy atom. The van der Waals surface area contributed by atoms with Gasteiger partial charge in [0.2, 0.25) is 0 Å². The van der Waals surface area contributed by atoms with E-state index >= 15 is 0 Å². The monoisotopic (exact) mass is 253 g/mol. The second-order valence-corrected chi connectivity index (χ2v) is 5.70. The van der Waals surface area contributed by atoms with Crippen molar-refractivity contribution < 1.29 is 9.90 Å². The van der Waals surface area contributed by atoms with Gasteiger partial charge >= 0.3 is 5.97 Å². The van der Waals surface area contributed by atoms with E-state index in [0.717, 1.165) is 11.4 Å². The quantitative estimate of drug-likeness (QED) is 0.765. The van der Waals surface area contributed by atoms with E-state index in [2.05, 4.69) is 17.4 Å². The van der Waals surface area contributed by atoms with Crippen LogP contribution in [0.5, 0.6) is 0 Å². The Labute approximate surface area is 107 Å². The lowest BCUT2D eigenvalue weighted by Crippen LogP contribution is -2.26. The number of nitrogens with one attached hydrogen (secondary N) is 1. The molecule has 0 spiro atoms. The molecule has 0 saturated heterocycles. The zero-order valence-corrected chi connectivity index (χ0v) is 11.3. The van der Waals surface area contributed by atoms with Crippen molar-refractivity contribution >= 4 is 17.7 Å². The first-order valence-corrected chi connectivity index (χ1v) is 6.54. The van der Waals surface area contributed by atoms with Crippen LogP contribution >= 0.6 is 11.8 Å². The van der Waals surface area contributed by atoms with Gasteiger partial charge in [0.25, 0.3) is 0 Å². The molecule has 0 radical (unpaired) electrons. The van der Waals surface area contributed by atoms with Crippen molar-refractivity contribution in [3.8, 4) is 0 Å². The summed E-state index contributed by atoms with van der Waals surface area (Å²) in [4.78, 5) is 12.1. The number of thioether (sulfide) groups is 1. The predicted molar refractivity (Wildman–Crippen MR) is 71.3 cm³/mol. The number of hydrogen-bond donors (Lipinski definition) is 2. The summed E-state index contributed by atoms with van der Waals surface area (Å²) in [6, 6.07) is 8.20. The van der Waals surface area contributed by atoms with Gasteiger partial charge in [0.05, 0.1) is 5.41 Å². The fourth-order valence-electron chi connectivity index (χ4n) is 1.23. The number of benzene rings is 1. The molecule has 0 aromatic heterocycles. The van der Waals surface area contributed by atoms with E-state index in [9.17, 15) is 4.79 Å². The van der Waals surface area contributed by atoms with Crippen LogP contribution in [0.15, 0.2) is 29.2 Å². The zero-order chi connectivity index (χ0) is 12.9. The van der Waals surface area contributed by atoms with Crippen molar-refractivity contribution in [1.29, 1.82) is 0 Å². The summed E-state index contributed by atoms with van der Waals surface area (Å²) >= 11 is 1.58. The number of aliphatic carboxylic acids is 1. The molecular formula is C13H19NO2S. The molecular weight excluding hydrogens is 234 g/mol. The van der Waals surface area contributed by atoms with Gasteiger partial charge in [-0.15, -0.1) is 11.8 Å². The van der Waals surface area contributed by atoms with Gasteiger partial charge in [0.15, 0.2) is 0 Å². The van der Waals surface area contributed by atoms with Crippen LogP contribution < -0.4 is 5.32 Å². The van der Waals surface area contributed by atoms with Crippen LogP contribution in [0.1, 0.15) is 19.4 Å².